The highest BCUT2D eigenvalue weighted by Crippen LogP contribution is 2.03. The summed E-state index contributed by atoms with van der Waals surface area (Å²) >= 11 is 0. The Morgan fingerprint density at radius 3 is 2.36 bits per heavy atom. The minimum Gasteiger partial charge on any atom is -0.465 e. The number of hydrogen-bond donors (Lipinski definition) is 2. The number of carbonyl (C=O) groups excluding carboxylic acids is 1. The second-order valence-corrected chi connectivity index (χ2v) is 2.85. The lowest BCUT2D eigenvalue weighted by Gasteiger charge is -2.01. The number of rotatable bonds is 4. The molecule has 0 aliphatic rings. The van der Waals surface area contributed by atoms with Gasteiger partial charge in [-0.25, -0.2) is 4.79 Å². The van der Waals surface area contributed by atoms with Crippen LogP contribution in [0.4, 0.5) is 4.79 Å². The van der Waals surface area contributed by atoms with Gasteiger partial charge >= 0.3 is 6.09 Å². The van der Waals surface area contributed by atoms with Gasteiger partial charge in [-0.1, -0.05) is 24.3 Å². The van der Waals surface area contributed by atoms with Gasteiger partial charge in [0.25, 0.3) is 0 Å². The molecule has 0 aliphatic heterocycles. The number of carbonyl (C=O) groups is 2. The SMILES string of the molecule is O=CCc1ccc(CNC(=O)O)cc1. The Bertz CT molecular complexity index is 319. The second-order valence-electron chi connectivity index (χ2n) is 2.85. The van der Waals surface area contributed by atoms with Crippen molar-refractivity contribution in [2.45, 2.75) is 13.0 Å². The van der Waals surface area contributed by atoms with Crippen LogP contribution in [0.2, 0.25) is 0 Å². The van der Waals surface area contributed by atoms with Crippen LogP contribution in [0.25, 0.3) is 0 Å². The van der Waals surface area contributed by atoms with Crippen LogP contribution in [0.5, 0.6) is 0 Å². The minimum absolute atomic E-state index is 0.288. The number of aldehydes is 1. The zero-order valence-corrected chi connectivity index (χ0v) is 7.56. The lowest BCUT2D eigenvalue weighted by Crippen LogP contribution is -2.19. The van der Waals surface area contributed by atoms with Crippen LogP contribution in [0, 0.1) is 0 Å². The van der Waals surface area contributed by atoms with E-state index in [0.717, 1.165) is 17.4 Å². The Morgan fingerprint density at radius 1 is 1.29 bits per heavy atom. The normalized spacial score (nSPS) is 9.43. The van der Waals surface area contributed by atoms with E-state index in [1.54, 1.807) is 12.1 Å². The van der Waals surface area contributed by atoms with Crippen LogP contribution in [0.1, 0.15) is 11.1 Å². The molecule has 0 unspecified atom stereocenters. The molecule has 4 heteroatoms. The zero-order valence-electron chi connectivity index (χ0n) is 7.56. The topological polar surface area (TPSA) is 66.4 Å². The van der Waals surface area contributed by atoms with E-state index in [-0.39, 0.29) is 6.54 Å². The minimum atomic E-state index is -1.04. The van der Waals surface area contributed by atoms with Crippen LogP contribution in [-0.4, -0.2) is 17.5 Å². The molecule has 0 saturated carbocycles. The highest BCUT2D eigenvalue weighted by molar-refractivity contribution is 5.64. The highest BCUT2D eigenvalue weighted by atomic mass is 16.4. The maximum atomic E-state index is 10.2. The molecule has 0 aromatic heterocycles. The van der Waals surface area contributed by atoms with Crippen LogP contribution in [0.3, 0.4) is 0 Å². The predicted molar refractivity (Wildman–Crippen MR) is 51.1 cm³/mol. The molecule has 1 amide bonds. The van der Waals surface area contributed by atoms with Crippen molar-refractivity contribution in [2.24, 2.45) is 0 Å². The van der Waals surface area contributed by atoms with Crippen LogP contribution in [0.15, 0.2) is 24.3 Å². The Hall–Kier alpha value is -1.84. The van der Waals surface area contributed by atoms with E-state index in [9.17, 15) is 9.59 Å². The highest BCUT2D eigenvalue weighted by Gasteiger charge is 1.96. The molecule has 1 aromatic carbocycles. The maximum absolute atomic E-state index is 10.2. The number of nitrogens with one attached hydrogen (secondary N) is 1. The fourth-order valence-electron chi connectivity index (χ4n) is 1.07. The first-order chi connectivity index (χ1) is 6.72. The molecule has 0 fully saturated rings. The van der Waals surface area contributed by atoms with E-state index >= 15 is 0 Å². The van der Waals surface area contributed by atoms with Crippen molar-refractivity contribution in [3.8, 4) is 0 Å². The summed E-state index contributed by atoms with van der Waals surface area (Å²) in [6.45, 7) is 0.288. The van der Waals surface area contributed by atoms with Crippen molar-refractivity contribution in [1.82, 2.24) is 5.32 Å². The molecule has 0 spiro atoms. The number of benzene rings is 1. The lowest BCUT2D eigenvalue weighted by molar-refractivity contribution is -0.107. The molecule has 0 saturated heterocycles. The predicted octanol–water partition coefficient (Wildman–Crippen LogP) is 1.20. The van der Waals surface area contributed by atoms with Gasteiger partial charge in [-0.3, -0.25) is 0 Å². The summed E-state index contributed by atoms with van der Waals surface area (Å²) in [5.74, 6) is 0. The summed E-state index contributed by atoms with van der Waals surface area (Å²) in [4.78, 5) is 20.4. The summed E-state index contributed by atoms with van der Waals surface area (Å²) in [6, 6.07) is 7.23. The smallest absolute Gasteiger partial charge is 0.404 e. The summed E-state index contributed by atoms with van der Waals surface area (Å²) < 4.78 is 0. The van der Waals surface area contributed by atoms with Crippen molar-refractivity contribution in [2.75, 3.05) is 0 Å². The van der Waals surface area contributed by atoms with Gasteiger partial charge in [-0.2, -0.15) is 0 Å². The van der Waals surface area contributed by atoms with Gasteiger partial charge in [-0.05, 0) is 11.1 Å². The molecule has 74 valence electrons. The first kappa shape index (κ1) is 10.2. The third-order valence-electron chi connectivity index (χ3n) is 1.79. The molecule has 0 atom stereocenters. The Kier molecular flexibility index (Phi) is 3.67. The number of amides is 1. The molecule has 2 N–H and O–H groups in total. The van der Waals surface area contributed by atoms with Crippen LogP contribution >= 0.6 is 0 Å². The van der Waals surface area contributed by atoms with Gasteiger partial charge in [0.05, 0.1) is 0 Å². The molecule has 4 nitrogen and oxygen atoms in total. The Morgan fingerprint density at radius 2 is 1.86 bits per heavy atom. The first-order valence-electron chi connectivity index (χ1n) is 4.20. The average Bonchev–Trinajstić information content (AvgIpc) is 2.17. The van der Waals surface area contributed by atoms with Gasteiger partial charge in [0.1, 0.15) is 6.29 Å². The van der Waals surface area contributed by atoms with Crippen molar-refractivity contribution in [3.63, 3.8) is 0 Å². The fraction of sp³-hybridized carbons (Fsp3) is 0.200. The van der Waals surface area contributed by atoms with Crippen LogP contribution < -0.4 is 5.32 Å². The van der Waals surface area contributed by atoms with Crippen molar-refractivity contribution in [1.29, 1.82) is 0 Å². The monoisotopic (exact) mass is 193 g/mol. The summed E-state index contributed by atoms with van der Waals surface area (Å²) in [6.07, 6.45) is 0.193. The fourth-order valence-corrected chi connectivity index (χ4v) is 1.07. The van der Waals surface area contributed by atoms with E-state index in [4.69, 9.17) is 5.11 Å². The average molecular weight is 193 g/mol. The van der Waals surface area contributed by atoms with Crippen molar-refractivity contribution in [3.05, 3.63) is 35.4 Å². The van der Waals surface area contributed by atoms with Gasteiger partial charge < -0.3 is 15.2 Å². The molecule has 14 heavy (non-hydrogen) atoms. The third-order valence-corrected chi connectivity index (χ3v) is 1.79. The van der Waals surface area contributed by atoms with E-state index in [0.29, 0.717) is 6.42 Å². The summed E-state index contributed by atoms with van der Waals surface area (Å²) in [5.41, 5.74) is 1.81. The van der Waals surface area contributed by atoms with Gasteiger partial charge in [0, 0.05) is 13.0 Å². The molecule has 0 aliphatic carbocycles. The quantitative estimate of drug-likeness (QED) is 0.706. The van der Waals surface area contributed by atoms with E-state index in [1.165, 1.54) is 0 Å². The first-order valence-corrected chi connectivity index (χ1v) is 4.20. The second kappa shape index (κ2) is 5.01. The molecule has 1 aromatic rings. The van der Waals surface area contributed by atoms with E-state index < -0.39 is 6.09 Å². The van der Waals surface area contributed by atoms with Gasteiger partial charge in [0.2, 0.25) is 0 Å². The molecule has 1 rings (SSSR count). The standard InChI is InChI=1S/C10H11NO3/c12-6-5-8-1-3-9(4-2-8)7-11-10(13)14/h1-4,6,11H,5,7H2,(H,13,14). The lowest BCUT2D eigenvalue weighted by atomic mass is 10.1. The molecule has 0 heterocycles. The molecule has 0 radical (unpaired) electrons. The zero-order chi connectivity index (χ0) is 10.4. The van der Waals surface area contributed by atoms with Gasteiger partial charge in [0.15, 0.2) is 0 Å². The van der Waals surface area contributed by atoms with E-state index in [2.05, 4.69) is 5.32 Å². The Labute approximate surface area is 81.6 Å². The van der Waals surface area contributed by atoms with Gasteiger partial charge in [-0.15, -0.1) is 0 Å². The van der Waals surface area contributed by atoms with Crippen molar-refractivity contribution >= 4 is 12.4 Å². The van der Waals surface area contributed by atoms with E-state index in [1.807, 2.05) is 12.1 Å². The number of hydrogen-bond acceptors (Lipinski definition) is 2. The number of carboxylic acid groups (broad SMARTS) is 1. The largest absolute Gasteiger partial charge is 0.465 e. The maximum Gasteiger partial charge on any atom is 0.404 e. The van der Waals surface area contributed by atoms with Crippen LogP contribution in [-0.2, 0) is 17.8 Å². The summed E-state index contributed by atoms with van der Waals surface area (Å²) in [5, 5.41) is 10.6. The third kappa shape index (κ3) is 3.26. The summed E-state index contributed by atoms with van der Waals surface area (Å²) in [7, 11) is 0. The molecular weight excluding hydrogens is 182 g/mol. The Balaban J connectivity index is 2.54. The molecular formula is C10H11NO3. The van der Waals surface area contributed by atoms with Crippen molar-refractivity contribution < 1.29 is 14.7 Å². The molecule has 0 bridgehead atoms.